The summed E-state index contributed by atoms with van der Waals surface area (Å²) >= 11 is 0. The second-order valence-corrected chi connectivity index (χ2v) is 5.16. The maximum atomic E-state index is 5.87. The Balaban J connectivity index is 1.91. The first-order valence-electron chi connectivity index (χ1n) is 6.52. The van der Waals surface area contributed by atoms with E-state index < -0.39 is 0 Å². The van der Waals surface area contributed by atoms with Crippen molar-refractivity contribution in [3.05, 3.63) is 30.2 Å². The third kappa shape index (κ3) is 1.54. The number of imidazole rings is 1. The highest BCUT2D eigenvalue weighted by molar-refractivity contribution is 5.85. The number of rotatable bonds is 2. The Kier molecular flexibility index (Phi) is 2.01. The number of nitrogens with zero attached hydrogens (tertiary/aromatic N) is 3. The Hall–Kier alpha value is -2.30. The Labute approximate surface area is 110 Å². The van der Waals surface area contributed by atoms with Crippen LogP contribution in [0.5, 0.6) is 0 Å². The van der Waals surface area contributed by atoms with E-state index in [1.807, 2.05) is 0 Å². The van der Waals surface area contributed by atoms with Gasteiger partial charge >= 0.3 is 0 Å². The molecule has 0 atom stereocenters. The number of aromatic amines is 1. The molecule has 0 amide bonds. The van der Waals surface area contributed by atoms with Crippen molar-refractivity contribution in [2.75, 3.05) is 5.73 Å². The van der Waals surface area contributed by atoms with E-state index in [-0.39, 0.29) is 0 Å². The van der Waals surface area contributed by atoms with Crippen LogP contribution in [0.3, 0.4) is 0 Å². The van der Waals surface area contributed by atoms with Crippen molar-refractivity contribution < 1.29 is 0 Å². The summed E-state index contributed by atoms with van der Waals surface area (Å²) in [5, 5.41) is 6.73. The number of H-pyrrole nitrogens is 1. The standard InChI is InChI=1S/C14H15N5/c1-8-17-12-6-9(11-7-16-18-14(11)15)2-5-13(12)19(8)10-3-4-10/h2,5-7,10H,3-4H2,1H3,(H3,15,16,18). The lowest BCUT2D eigenvalue weighted by Crippen LogP contribution is -1.95. The molecule has 96 valence electrons. The van der Waals surface area contributed by atoms with Gasteiger partial charge in [0.2, 0.25) is 0 Å². The molecule has 0 bridgehead atoms. The van der Waals surface area contributed by atoms with E-state index in [0.717, 1.165) is 22.5 Å². The lowest BCUT2D eigenvalue weighted by Gasteiger charge is -2.04. The second-order valence-electron chi connectivity index (χ2n) is 5.16. The van der Waals surface area contributed by atoms with Crippen molar-refractivity contribution >= 4 is 16.9 Å². The van der Waals surface area contributed by atoms with Gasteiger partial charge in [-0.15, -0.1) is 0 Å². The Morgan fingerprint density at radius 3 is 2.89 bits per heavy atom. The molecule has 4 rings (SSSR count). The lowest BCUT2D eigenvalue weighted by molar-refractivity contribution is 0.734. The fraction of sp³-hybridized carbons (Fsp3) is 0.286. The maximum absolute atomic E-state index is 5.87. The molecular weight excluding hydrogens is 238 g/mol. The van der Waals surface area contributed by atoms with Gasteiger partial charge in [-0.05, 0) is 37.5 Å². The van der Waals surface area contributed by atoms with E-state index in [0.29, 0.717) is 11.9 Å². The average Bonchev–Trinajstić information content (AvgIpc) is 3.04. The number of aromatic nitrogens is 4. The molecular formula is C14H15N5. The van der Waals surface area contributed by atoms with Crippen molar-refractivity contribution in [2.45, 2.75) is 25.8 Å². The van der Waals surface area contributed by atoms with Gasteiger partial charge in [0.15, 0.2) is 0 Å². The number of nitrogen functional groups attached to an aromatic ring is 1. The number of hydrogen-bond donors (Lipinski definition) is 2. The monoisotopic (exact) mass is 253 g/mol. The number of nitrogens with two attached hydrogens (primary N) is 1. The summed E-state index contributed by atoms with van der Waals surface area (Å²) in [6, 6.07) is 6.95. The minimum atomic E-state index is 0.595. The number of hydrogen-bond acceptors (Lipinski definition) is 3. The molecule has 1 fully saturated rings. The van der Waals surface area contributed by atoms with Gasteiger partial charge in [0.25, 0.3) is 0 Å². The van der Waals surface area contributed by atoms with Gasteiger partial charge in [0, 0.05) is 11.6 Å². The molecule has 19 heavy (non-hydrogen) atoms. The zero-order valence-corrected chi connectivity index (χ0v) is 10.7. The van der Waals surface area contributed by atoms with Gasteiger partial charge in [-0.1, -0.05) is 6.07 Å². The predicted molar refractivity (Wildman–Crippen MR) is 74.7 cm³/mol. The van der Waals surface area contributed by atoms with Crippen molar-refractivity contribution in [1.29, 1.82) is 0 Å². The van der Waals surface area contributed by atoms with Crippen LogP contribution in [-0.2, 0) is 0 Å². The van der Waals surface area contributed by atoms with Crippen LogP contribution in [0.4, 0.5) is 5.82 Å². The van der Waals surface area contributed by atoms with E-state index >= 15 is 0 Å². The summed E-state index contributed by atoms with van der Waals surface area (Å²) in [5.41, 5.74) is 10.1. The first-order chi connectivity index (χ1) is 9.24. The number of benzene rings is 1. The summed E-state index contributed by atoms with van der Waals surface area (Å²) < 4.78 is 2.35. The highest BCUT2D eigenvalue weighted by atomic mass is 15.1. The largest absolute Gasteiger partial charge is 0.384 e. The number of aryl methyl sites for hydroxylation is 1. The average molecular weight is 253 g/mol. The number of fused-ring (bicyclic) bond motifs is 1. The van der Waals surface area contributed by atoms with E-state index in [9.17, 15) is 0 Å². The van der Waals surface area contributed by atoms with Crippen LogP contribution in [-0.4, -0.2) is 19.7 Å². The van der Waals surface area contributed by atoms with Crippen molar-refractivity contribution in [2.24, 2.45) is 0 Å². The van der Waals surface area contributed by atoms with Crippen LogP contribution >= 0.6 is 0 Å². The van der Waals surface area contributed by atoms with Gasteiger partial charge in [-0.2, -0.15) is 5.10 Å². The normalized spacial score (nSPS) is 15.2. The fourth-order valence-corrected chi connectivity index (χ4v) is 2.71. The van der Waals surface area contributed by atoms with Crippen LogP contribution < -0.4 is 5.73 Å². The molecule has 1 aliphatic carbocycles. The van der Waals surface area contributed by atoms with Gasteiger partial charge in [-0.25, -0.2) is 4.98 Å². The summed E-state index contributed by atoms with van der Waals surface area (Å²) in [5.74, 6) is 1.69. The van der Waals surface area contributed by atoms with Crippen molar-refractivity contribution in [3.8, 4) is 11.1 Å². The first-order valence-corrected chi connectivity index (χ1v) is 6.52. The first kappa shape index (κ1) is 10.6. The van der Waals surface area contributed by atoms with Gasteiger partial charge in [0.1, 0.15) is 11.6 Å². The minimum Gasteiger partial charge on any atom is -0.384 e. The lowest BCUT2D eigenvalue weighted by atomic mass is 10.1. The predicted octanol–water partition coefficient (Wildman–Crippen LogP) is 2.65. The van der Waals surface area contributed by atoms with Crippen molar-refractivity contribution in [1.82, 2.24) is 19.7 Å². The van der Waals surface area contributed by atoms with E-state index in [1.165, 1.54) is 18.4 Å². The highest BCUT2D eigenvalue weighted by Gasteiger charge is 2.26. The smallest absolute Gasteiger partial charge is 0.126 e. The molecule has 5 nitrogen and oxygen atoms in total. The molecule has 1 saturated carbocycles. The Morgan fingerprint density at radius 2 is 2.21 bits per heavy atom. The molecule has 0 saturated heterocycles. The minimum absolute atomic E-state index is 0.595. The molecule has 3 aromatic rings. The van der Waals surface area contributed by atoms with E-state index in [2.05, 4.69) is 44.9 Å². The quantitative estimate of drug-likeness (QED) is 0.737. The Bertz CT molecular complexity index is 763. The molecule has 2 aromatic heterocycles. The third-order valence-corrected chi connectivity index (χ3v) is 3.76. The second kappa shape index (κ2) is 3.60. The molecule has 0 spiro atoms. The van der Waals surface area contributed by atoms with Crippen LogP contribution in [0.2, 0.25) is 0 Å². The molecule has 0 unspecified atom stereocenters. The molecule has 0 aliphatic heterocycles. The van der Waals surface area contributed by atoms with Gasteiger partial charge < -0.3 is 10.3 Å². The summed E-state index contributed by atoms with van der Waals surface area (Å²) in [7, 11) is 0. The van der Waals surface area contributed by atoms with Crippen LogP contribution in [0, 0.1) is 6.92 Å². The summed E-state index contributed by atoms with van der Waals surface area (Å²) in [6.07, 6.45) is 4.28. The highest BCUT2D eigenvalue weighted by Crippen LogP contribution is 2.39. The van der Waals surface area contributed by atoms with Crippen molar-refractivity contribution in [3.63, 3.8) is 0 Å². The summed E-state index contributed by atoms with van der Waals surface area (Å²) in [6.45, 7) is 2.07. The van der Waals surface area contributed by atoms with Gasteiger partial charge in [0.05, 0.1) is 17.2 Å². The van der Waals surface area contributed by atoms with Gasteiger partial charge in [-0.3, -0.25) is 5.10 Å². The third-order valence-electron chi connectivity index (χ3n) is 3.76. The maximum Gasteiger partial charge on any atom is 0.126 e. The molecule has 0 radical (unpaired) electrons. The Morgan fingerprint density at radius 1 is 1.37 bits per heavy atom. The molecule has 1 aliphatic rings. The van der Waals surface area contributed by atoms with Crippen LogP contribution in [0.1, 0.15) is 24.7 Å². The zero-order chi connectivity index (χ0) is 13.0. The van der Waals surface area contributed by atoms with Crippen LogP contribution in [0.15, 0.2) is 24.4 Å². The number of nitrogens with one attached hydrogen (secondary N) is 1. The molecule has 2 heterocycles. The zero-order valence-electron chi connectivity index (χ0n) is 10.7. The summed E-state index contributed by atoms with van der Waals surface area (Å²) in [4.78, 5) is 4.67. The van der Waals surface area contributed by atoms with Crippen LogP contribution in [0.25, 0.3) is 22.2 Å². The molecule has 3 N–H and O–H groups in total. The number of anilines is 1. The SMILES string of the molecule is Cc1nc2cc(-c3cn[nH]c3N)ccc2n1C1CC1. The fourth-order valence-electron chi connectivity index (χ4n) is 2.71. The molecule has 5 heteroatoms. The topological polar surface area (TPSA) is 72.5 Å². The van der Waals surface area contributed by atoms with E-state index in [4.69, 9.17) is 5.73 Å². The van der Waals surface area contributed by atoms with E-state index in [1.54, 1.807) is 6.20 Å². The molecule has 1 aromatic carbocycles.